The summed E-state index contributed by atoms with van der Waals surface area (Å²) in [6.07, 6.45) is 0.627. The standard InChI is InChI=1S/C8H18N4/c9-1-3-11-5-6-12-4-2-10-7-8(11)12/h8,10H,1-7,9H2. The predicted molar refractivity (Wildman–Crippen MR) is 48.9 cm³/mol. The van der Waals surface area contributed by atoms with Gasteiger partial charge in [-0.05, 0) is 0 Å². The molecule has 1 atom stereocenters. The second kappa shape index (κ2) is 3.70. The lowest BCUT2D eigenvalue weighted by Crippen LogP contribution is -2.53. The average molecular weight is 170 g/mol. The maximum Gasteiger partial charge on any atom is 0.0752 e. The van der Waals surface area contributed by atoms with Crippen LogP contribution in [0.25, 0.3) is 0 Å². The second-order valence-electron chi connectivity index (χ2n) is 3.55. The van der Waals surface area contributed by atoms with Gasteiger partial charge in [-0.2, -0.15) is 0 Å². The Labute approximate surface area is 73.7 Å². The van der Waals surface area contributed by atoms with Gasteiger partial charge in [0.2, 0.25) is 0 Å². The van der Waals surface area contributed by atoms with Crippen molar-refractivity contribution in [3.8, 4) is 0 Å². The van der Waals surface area contributed by atoms with Crippen LogP contribution in [0.4, 0.5) is 0 Å². The van der Waals surface area contributed by atoms with E-state index in [9.17, 15) is 0 Å². The fraction of sp³-hybridized carbons (Fsp3) is 1.00. The van der Waals surface area contributed by atoms with E-state index >= 15 is 0 Å². The van der Waals surface area contributed by atoms with Crippen molar-refractivity contribution in [2.75, 3.05) is 45.8 Å². The van der Waals surface area contributed by atoms with Gasteiger partial charge in [-0.25, -0.2) is 0 Å². The molecule has 2 saturated heterocycles. The van der Waals surface area contributed by atoms with Crippen molar-refractivity contribution in [3.05, 3.63) is 0 Å². The van der Waals surface area contributed by atoms with Gasteiger partial charge in [0.05, 0.1) is 6.17 Å². The minimum atomic E-state index is 0.627. The van der Waals surface area contributed by atoms with Gasteiger partial charge in [-0.3, -0.25) is 9.80 Å². The van der Waals surface area contributed by atoms with Gasteiger partial charge in [0, 0.05) is 45.8 Å². The van der Waals surface area contributed by atoms with Crippen LogP contribution in [-0.2, 0) is 0 Å². The molecule has 4 heteroatoms. The van der Waals surface area contributed by atoms with Gasteiger partial charge in [-0.15, -0.1) is 0 Å². The van der Waals surface area contributed by atoms with Crippen LogP contribution in [0.5, 0.6) is 0 Å². The van der Waals surface area contributed by atoms with Crippen molar-refractivity contribution in [2.24, 2.45) is 5.73 Å². The number of fused-ring (bicyclic) bond motifs is 1. The number of piperazine rings is 1. The normalized spacial score (nSPS) is 32.2. The first-order chi connectivity index (χ1) is 5.92. The molecule has 4 nitrogen and oxygen atoms in total. The highest BCUT2D eigenvalue weighted by Gasteiger charge is 2.32. The van der Waals surface area contributed by atoms with Crippen LogP contribution in [0.1, 0.15) is 0 Å². The molecule has 0 aromatic rings. The molecule has 0 spiro atoms. The van der Waals surface area contributed by atoms with E-state index in [1.54, 1.807) is 0 Å². The molecule has 0 amide bonds. The summed E-state index contributed by atoms with van der Waals surface area (Å²) in [7, 11) is 0. The topological polar surface area (TPSA) is 44.5 Å². The summed E-state index contributed by atoms with van der Waals surface area (Å²) in [6, 6.07) is 0. The van der Waals surface area contributed by atoms with Crippen LogP contribution in [0.2, 0.25) is 0 Å². The molecule has 3 N–H and O–H groups in total. The SMILES string of the molecule is NCCN1CCN2CCNCC12. The van der Waals surface area contributed by atoms with Crippen LogP contribution in [-0.4, -0.2) is 61.8 Å². The number of nitrogens with one attached hydrogen (secondary N) is 1. The molecule has 2 aliphatic heterocycles. The molecular formula is C8H18N4. The highest BCUT2D eigenvalue weighted by atomic mass is 15.4. The second-order valence-corrected chi connectivity index (χ2v) is 3.55. The molecule has 2 heterocycles. The summed E-state index contributed by atoms with van der Waals surface area (Å²) in [6.45, 7) is 7.71. The first-order valence-corrected chi connectivity index (χ1v) is 4.80. The van der Waals surface area contributed by atoms with E-state index in [0.717, 1.165) is 26.2 Å². The van der Waals surface area contributed by atoms with Crippen LogP contribution < -0.4 is 11.1 Å². The average Bonchev–Trinajstić information content (AvgIpc) is 2.50. The smallest absolute Gasteiger partial charge is 0.0752 e. The summed E-state index contributed by atoms with van der Waals surface area (Å²) >= 11 is 0. The molecular weight excluding hydrogens is 152 g/mol. The highest BCUT2D eigenvalue weighted by molar-refractivity contribution is 4.86. The van der Waals surface area contributed by atoms with E-state index in [-0.39, 0.29) is 0 Å². The summed E-state index contributed by atoms with van der Waals surface area (Å²) in [5, 5.41) is 3.42. The van der Waals surface area contributed by atoms with Crippen molar-refractivity contribution < 1.29 is 0 Å². The fourth-order valence-corrected chi connectivity index (χ4v) is 2.19. The molecule has 1 unspecified atom stereocenters. The zero-order valence-electron chi connectivity index (χ0n) is 7.50. The quantitative estimate of drug-likeness (QED) is 0.529. The zero-order valence-corrected chi connectivity index (χ0v) is 7.50. The Morgan fingerprint density at radius 3 is 3.08 bits per heavy atom. The Morgan fingerprint density at radius 2 is 2.25 bits per heavy atom. The van der Waals surface area contributed by atoms with Gasteiger partial charge in [0.25, 0.3) is 0 Å². The Morgan fingerprint density at radius 1 is 1.33 bits per heavy atom. The Bertz CT molecular complexity index is 150. The summed E-state index contributed by atoms with van der Waals surface area (Å²) in [5.41, 5.74) is 5.55. The maximum absolute atomic E-state index is 5.55. The lowest BCUT2D eigenvalue weighted by Gasteiger charge is -2.34. The number of rotatable bonds is 2. The van der Waals surface area contributed by atoms with Gasteiger partial charge in [-0.1, -0.05) is 0 Å². The van der Waals surface area contributed by atoms with Crippen molar-refractivity contribution in [1.29, 1.82) is 0 Å². The minimum absolute atomic E-state index is 0.627. The monoisotopic (exact) mass is 170 g/mol. The lowest BCUT2D eigenvalue weighted by atomic mass is 10.3. The van der Waals surface area contributed by atoms with Gasteiger partial charge < -0.3 is 11.1 Å². The van der Waals surface area contributed by atoms with E-state index in [0.29, 0.717) is 6.17 Å². The van der Waals surface area contributed by atoms with Crippen molar-refractivity contribution in [2.45, 2.75) is 6.17 Å². The van der Waals surface area contributed by atoms with Gasteiger partial charge >= 0.3 is 0 Å². The Hall–Kier alpha value is -0.160. The van der Waals surface area contributed by atoms with Crippen LogP contribution in [0, 0.1) is 0 Å². The summed E-state index contributed by atoms with van der Waals surface area (Å²) in [5.74, 6) is 0. The number of nitrogens with two attached hydrogens (primary N) is 1. The summed E-state index contributed by atoms with van der Waals surface area (Å²) in [4.78, 5) is 5.03. The van der Waals surface area contributed by atoms with E-state index in [1.165, 1.54) is 19.6 Å². The molecule has 0 aromatic heterocycles. The van der Waals surface area contributed by atoms with Crippen LogP contribution in [0.3, 0.4) is 0 Å². The Balaban J connectivity index is 1.92. The van der Waals surface area contributed by atoms with Crippen LogP contribution in [0.15, 0.2) is 0 Å². The zero-order chi connectivity index (χ0) is 8.39. The highest BCUT2D eigenvalue weighted by Crippen LogP contribution is 2.14. The predicted octanol–water partition coefficient (Wildman–Crippen LogP) is -1.51. The molecule has 0 saturated carbocycles. The molecule has 12 heavy (non-hydrogen) atoms. The molecule has 2 fully saturated rings. The molecule has 0 aromatic carbocycles. The van der Waals surface area contributed by atoms with E-state index in [2.05, 4.69) is 15.1 Å². The van der Waals surface area contributed by atoms with E-state index in [4.69, 9.17) is 5.73 Å². The number of hydrogen-bond acceptors (Lipinski definition) is 4. The third-order valence-electron chi connectivity index (χ3n) is 2.84. The minimum Gasteiger partial charge on any atom is -0.329 e. The molecule has 0 radical (unpaired) electrons. The van der Waals surface area contributed by atoms with E-state index < -0.39 is 0 Å². The van der Waals surface area contributed by atoms with Gasteiger partial charge in [0.1, 0.15) is 0 Å². The van der Waals surface area contributed by atoms with Crippen molar-refractivity contribution in [1.82, 2.24) is 15.1 Å². The molecule has 2 rings (SSSR count). The third kappa shape index (κ3) is 1.47. The van der Waals surface area contributed by atoms with Gasteiger partial charge in [0.15, 0.2) is 0 Å². The van der Waals surface area contributed by atoms with Crippen LogP contribution >= 0.6 is 0 Å². The first-order valence-electron chi connectivity index (χ1n) is 4.80. The van der Waals surface area contributed by atoms with Crippen molar-refractivity contribution >= 4 is 0 Å². The largest absolute Gasteiger partial charge is 0.329 e. The maximum atomic E-state index is 5.55. The molecule has 2 aliphatic rings. The van der Waals surface area contributed by atoms with Crippen molar-refractivity contribution in [3.63, 3.8) is 0 Å². The Kier molecular flexibility index (Phi) is 2.60. The first kappa shape index (κ1) is 8.44. The lowest BCUT2D eigenvalue weighted by molar-refractivity contribution is 0.113. The molecule has 0 aliphatic carbocycles. The number of nitrogens with zero attached hydrogens (tertiary/aromatic N) is 2. The summed E-state index contributed by atoms with van der Waals surface area (Å²) < 4.78 is 0. The third-order valence-corrected chi connectivity index (χ3v) is 2.84. The molecule has 0 bridgehead atoms. The fourth-order valence-electron chi connectivity index (χ4n) is 2.19. The number of hydrogen-bond donors (Lipinski definition) is 2. The molecule has 70 valence electrons. The van der Waals surface area contributed by atoms with E-state index in [1.807, 2.05) is 0 Å².